The van der Waals surface area contributed by atoms with E-state index < -0.39 is 0 Å². The van der Waals surface area contributed by atoms with E-state index in [1.807, 2.05) is 42.6 Å². The molecule has 1 aliphatic rings. The molecule has 1 fully saturated rings. The molecule has 28 heavy (non-hydrogen) atoms. The van der Waals surface area contributed by atoms with E-state index in [0.717, 1.165) is 28.6 Å². The predicted octanol–water partition coefficient (Wildman–Crippen LogP) is 3.45. The van der Waals surface area contributed by atoms with E-state index in [4.69, 9.17) is 16.3 Å². The number of fused-ring (bicyclic) bond motifs is 1. The number of hydrogen-bond acceptors (Lipinski definition) is 3. The van der Waals surface area contributed by atoms with E-state index in [-0.39, 0.29) is 17.9 Å². The molecule has 3 N–H and O–H groups in total. The molecular formula is C22H24ClN3O2. The lowest BCUT2D eigenvalue weighted by Gasteiger charge is -2.24. The van der Waals surface area contributed by atoms with Crippen molar-refractivity contribution in [1.29, 1.82) is 0 Å². The Morgan fingerprint density at radius 1 is 1.18 bits per heavy atom. The summed E-state index contributed by atoms with van der Waals surface area (Å²) in [6.07, 6.45) is 2.42. The number of benzene rings is 2. The lowest BCUT2D eigenvalue weighted by atomic mass is 9.90. The summed E-state index contributed by atoms with van der Waals surface area (Å²) in [7, 11) is 0. The fraction of sp³-hybridized carbons (Fsp3) is 0.318. The van der Waals surface area contributed by atoms with Crippen LogP contribution < -0.4 is 10.6 Å². The maximum atomic E-state index is 12.5. The number of amides is 1. The first kappa shape index (κ1) is 19.0. The number of carbonyl (C=O) groups is 1. The summed E-state index contributed by atoms with van der Waals surface area (Å²) >= 11 is 6.51. The quantitative estimate of drug-likeness (QED) is 0.596. The minimum atomic E-state index is -0.0376. The molecule has 1 saturated heterocycles. The zero-order chi connectivity index (χ0) is 19.3. The molecule has 2 atom stereocenters. The van der Waals surface area contributed by atoms with Crippen molar-refractivity contribution in [1.82, 2.24) is 15.6 Å². The predicted molar refractivity (Wildman–Crippen MR) is 112 cm³/mol. The van der Waals surface area contributed by atoms with Crippen LogP contribution in [0.3, 0.4) is 0 Å². The number of ether oxygens (including phenoxy) is 1. The van der Waals surface area contributed by atoms with Gasteiger partial charge in [0.15, 0.2) is 0 Å². The van der Waals surface area contributed by atoms with Crippen molar-refractivity contribution < 1.29 is 9.53 Å². The van der Waals surface area contributed by atoms with Gasteiger partial charge < -0.3 is 20.4 Å². The first-order valence-electron chi connectivity index (χ1n) is 9.60. The standard InChI is InChI=1S/C22H24ClN3O2/c23-20-7-3-1-5-16(20)18(19-12-25-21-8-4-2-6-17(19)21)13-26-22(27)11-15-14-28-10-9-24-15/h1-8,12,15,18,24-25H,9-11,13-14H2,(H,26,27). The average Bonchev–Trinajstić information content (AvgIpc) is 3.14. The minimum absolute atomic E-state index is 0.0138. The summed E-state index contributed by atoms with van der Waals surface area (Å²) in [5.74, 6) is -0.0238. The highest BCUT2D eigenvalue weighted by molar-refractivity contribution is 6.31. The van der Waals surface area contributed by atoms with Crippen LogP contribution in [0, 0.1) is 0 Å². The van der Waals surface area contributed by atoms with Crippen LogP contribution in [-0.4, -0.2) is 43.2 Å². The topological polar surface area (TPSA) is 66.2 Å². The molecule has 6 heteroatoms. The third-order valence-corrected chi connectivity index (χ3v) is 5.56. The van der Waals surface area contributed by atoms with Gasteiger partial charge in [0.05, 0.1) is 13.2 Å². The van der Waals surface area contributed by atoms with Crippen LogP contribution in [0.1, 0.15) is 23.5 Å². The molecule has 0 radical (unpaired) electrons. The largest absolute Gasteiger partial charge is 0.378 e. The van der Waals surface area contributed by atoms with Gasteiger partial charge in [-0.1, -0.05) is 48.0 Å². The Hall–Kier alpha value is -2.34. The number of hydrogen-bond donors (Lipinski definition) is 3. The van der Waals surface area contributed by atoms with Crippen molar-refractivity contribution in [2.45, 2.75) is 18.4 Å². The van der Waals surface area contributed by atoms with Crippen LogP contribution in [-0.2, 0) is 9.53 Å². The first-order chi connectivity index (χ1) is 13.7. The lowest BCUT2D eigenvalue weighted by Crippen LogP contribution is -2.44. The Balaban J connectivity index is 1.55. The number of nitrogens with one attached hydrogen (secondary N) is 3. The summed E-state index contributed by atoms with van der Waals surface area (Å²) in [5.41, 5.74) is 3.21. The number of carbonyl (C=O) groups excluding carboxylic acids is 1. The molecule has 1 amide bonds. The average molecular weight is 398 g/mol. The van der Waals surface area contributed by atoms with Gasteiger partial charge in [0.25, 0.3) is 0 Å². The third kappa shape index (κ3) is 4.22. The number of aromatic nitrogens is 1. The van der Waals surface area contributed by atoms with Crippen molar-refractivity contribution >= 4 is 28.4 Å². The van der Waals surface area contributed by atoms with Crippen LogP contribution in [0.25, 0.3) is 10.9 Å². The molecule has 1 aliphatic heterocycles. The van der Waals surface area contributed by atoms with Gasteiger partial charge in [-0.05, 0) is 23.3 Å². The maximum Gasteiger partial charge on any atom is 0.221 e. The van der Waals surface area contributed by atoms with Gasteiger partial charge in [-0.15, -0.1) is 0 Å². The SMILES string of the molecule is O=C(CC1COCCN1)NCC(c1ccccc1Cl)c1c[nH]c2ccccc12. The van der Waals surface area contributed by atoms with Gasteiger partial charge >= 0.3 is 0 Å². The summed E-state index contributed by atoms with van der Waals surface area (Å²) in [4.78, 5) is 15.8. The van der Waals surface area contributed by atoms with Crippen molar-refractivity contribution in [3.8, 4) is 0 Å². The number of aromatic amines is 1. The first-order valence-corrected chi connectivity index (χ1v) is 9.98. The molecule has 0 saturated carbocycles. The van der Waals surface area contributed by atoms with E-state index in [9.17, 15) is 4.79 Å². The molecule has 3 aromatic rings. The van der Waals surface area contributed by atoms with Crippen molar-refractivity contribution in [3.63, 3.8) is 0 Å². The van der Waals surface area contributed by atoms with E-state index in [2.05, 4.69) is 27.8 Å². The van der Waals surface area contributed by atoms with Gasteiger partial charge in [0.2, 0.25) is 5.91 Å². The van der Waals surface area contributed by atoms with Crippen molar-refractivity contribution in [3.05, 3.63) is 70.9 Å². The second-order valence-corrected chi connectivity index (χ2v) is 7.51. The van der Waals surface area contributed by atoms with E-state index in [1.165, 1.54) is 0 Å². The summed E-state index contributed by atoms with van der Waals surface area (Å²) < 4.78 is 5.44. The molecule has 2 heterocycles. The second kappa shape index (κ2) is 8.78. The molecule has 2 unspecified atom stereocenters. The second-order valence-electron chi connectivity index (χ2n) is 7.10. The highest BCUT2D eigenvalue weighted by atomic mass is 35.5. The normalized spacial score (nSPS) is 18.1. The maximum absolute atomic E-state index is 12.5. The molecule has 0 aliphatic carbocycles. The number of H-pyrrole nitrogens is 1. The van der Waals surface area contributed by atoms with Gasteiger partial charge in [0.1, 0.15) is 0 Å². The fourth-order valence-corrected chi connectivity index (χ4v) is 4.06. The molecule has 4 rings (SSSR count). The molecule has 0 bridgehead atoms. The van der Waals surface area contributed by atoms with Crippen LogP contribution in [0.2, 0.25) is 5.02 Å². The number of para-hydroxylation sites is 1. The van der Waals surface area contributed by atoms with Crippen LogP contribution in [0.5, 0.6) is 0 Å². The summed E-state index contributed by atoms with van der Waals surface area (Å²) in [5, 5.41) is 8.27. The monoisotopic (exact) mass is 397 g/mol. The lowest BCUT2D eigenvalue weighted by molar-refractivity contribution is -0.122. The fourth-order valence-electron chi connectivity index (χ4n) is 3.79. The summed E-state index contributed by atoms with van der Waals surface area (Å²) in [6, 6.07) is 16.1. The molecule has 2 aromatic carbocycles. The Morgan fingerprint density at radius 3 is 2.82 bits per heavy atom. The van der Waals surface area contributed by atoms with E-state index >= 15 is 0 Å². The highest BCUT2D eigenvalue weighted by Crippen LogP contribution is 2.34. The van der Waals surface area contributed by atoms with Gasteiger partial charge in [-0.2, -0.15) is 0 Å². The third-order valence-electron chi connectivity index (χ3n) is 5.21. The Kier molecular flexibility index (Phi) is 5.95. The number of halogens is 1. The van der Waals surface area contributed by atoms with Crippen molar-refractivity contribution in [2.24, 2.45) is 0 Å². The Morgan fingerprint density at radius 2 is 2.00 bits per heavy atom. The number of morpholine rings is 1. The zero-order valence-corrected chi connectivity index (χ0v) is 16.3. The smallest absolute Gasteiger partial charge is 0.221 e. The van der Waals surface area contributed by atoms with E-state index in [0.29, 0.717) is 31.2 Å². The minimum Gasteiger partial charge on any atom is -0.378 e. The van der Waals surface area contributed by atoms with Gasteiger partial charge in [-0.25, -0.2) is 0 Å². The van der Waals surface area contributed by atoms with Crippen LogP contribution in [0.15, 0.2) is 54.7 Å². The molecule has 5 nitrogen and oxygen atoms in total. The van der Waals surface area contributed by atoms with Gasteiger partial charge in [-0.3, -0.25) is 4.79 Å². The Bertz CT molecular complexity index is 950. The molecule has 0 spiro atoms. The summed E-state index contributed by atoms with van der Waals surface area (Å²) in [6.45, 7) is 2.55. The highest BCUT2D eigenvalue weighted by Gasteiger charge is 2.22. The molecule has 1 aromatic heterocycles. The zero-order valence-electron chi connectivity index (χ0n) is 15.6. The molecule has 146 valence electrons. The van der Waals surface area contributed by atoms with Crippen LogP contribution in [0.4, 0.5) is 0 Å². The van der Waals surface area contributed by atoms with Crippen LogP contribution >= 0.6 is 11.6 Å². The van der Waals surface area contributed by atoms with Crippen molar-refractivity contribution in [2.75, 3.05) is 26.3 Å². The number of rotatable bonds is 6. The van der Waals surface area contributed by atoms with Gasteiger partial charge in [0, 0.05) is 53.6 Å². The Labute approximate surface area is 169 Å². The molecular weight excluding hydrogens is 374 g/mol. The van der Waals surface area contributed by atoms with E-state index in [1.54, 1.807) is 0 Å².